The molecule has 0 radical (unpaired) electrons. The number of anilines is 1. The van der Waals surface area contributed by atoms with E-state index in [0.29, 0.717) is 12.4 Å². The van der Waals surface area contributed by atoms with Crippen molar-refractivity contribution < 1.29 is 9.13 Å². The van der Waals surface area contributed by atoms with E-state index in [4.69, 9.17) is 4.74 Å². The van der Waals surface area contributed by atoms with Crippen LogP contribution in [0, 0.1) is 5.95 Å². The largest absolute Gasteiger partial charge is 0.382 e. The number of rotatable bonds is 4. The zero-order valence-corrected chi connectivity index (χ0v) is 8.66. The molecule has 1 aliphatic rings. The third-order valence-electron chi connectivity index (χ3n) is 2.76. The standard InChI is InChI=1S/C10H14FN3O/c1-15-6-10(3-2-4-10)14-9-5-8(11)12-7-13-9/h5,7H,2-4,6H2,1H3,(H,12,13,14). The minimum absolute atomic E-state index is 0.0600. The van der Waals surface area contributed by atoms with Gasteiger partial charge >= 0.3 is 0 Å². The maximum atomic E-state index is 12.8. The quantitative estimate of drug-likeness (QED) is 0.768. The molecular formula is C10H14FN3O. The zero-order valence-electron chi connectivity index (χ0n) is 8.66. The van der Waals surface area contributed by atoms with Crippen LogP contribution in [0.4, 0.5) is 10.2 Å². The molecule has 0 aromatic carbocycles. The number of aromatic nitrogens is 2. The molecular weight excluding hydrogens is 197 g/mol. The van der Waals surface area contributed by atoms with E-state index < -0.39 is 5.95 Å². The number of methoxy groups -OCH3 is 1. The van der Waals surface area contributed by atoms with Crippen molar-refractivity contribution in [1.82, 2.24) is 9.97 Å². The number of halogens is 1. The van der Waals surface area contributed by atoms with Crippen LogP contribution in [0.1, 0.15) is 19.3 Å². The number of ether oxygens (including phenoxy) is 1. The summed E-state index contributed by atoms with van der Waals surface area (Å²) in [6.07, 6.45) is 4.46. The van der Waals surface area contributed by atoms with Crippen molar-refractivity contribution in [3.63, 3.8) is 0 Å². The van der Waals surface area contributed by atoms with Gasteiger partial charge in [-0.05, 0) is 19.3 Å². The van der Waals surface area contributed by atoms with E-state index in [1.54, 1.807) is 7.11 Å². The molecule has 0 saturated heterocycles. The SMILES string of the molecule is COCC1(Nc2cc(F)ncn2)CCC1. The highest BCUT2D eigenvalue weighted by Crippen LogP contribution is 2.34. The average Bonchev–Trinajstić information content (AvgIpc) is 2.15. The first-order valence-corrected chi connectivity index (χ1v) is 4.99. The molecule has 0 spiro atoms. The Kier molecular flexibility index (Phi) is 2.81. The molecule has 2 rings (SSSR count). The lowest BCUT2D eigenvalue weighted by molar-refractivity contribution is 0.0980. The van der Waals surface area contributed by atoms with E-state index >= 15 is 0 Å². The van der Waals surface area contributed by atoms with Gasteiger partial charge in [0.25, 0.3) is 0 Å². The van der Waals surface area contributed by atoms with Crippen LogP contribution in [-0.2, 0) is 4.74 Å². The molecule has 1 heterocycles. The molecule has 0 unspecified atom stereocenters. The molecule has 1 fully saturated rings. The first-order chi connectivity index (χ1) is 7.24. The Morgan fingerprint density at radius 2 is 2.33 bits per heavy atom. The molecule has 0 atom stereocenters. The smallest absolute Gasteiger partial charge is 0.217 e. The van der Waals surface area contributed by atoms with Gasteiger partial charge in [-0.2, -0.15) is 4.39 Å². The fourth-order valence-corrected chi connectivity index (χ4v) is 1.86. The van der Waals surface area contributed by atoms with Crippen molar-refractivity contribution in [3.8, 4) is 0 Å². The number of nitrogens with zero attached hydrogens (tertiary/aromatic N) is 2. The molecule has 1 aromatic rings. The van der Waals surface area contributed by atoms with Crippen molar-refractivity contribution in [2.75, 3.05) is 19.0 Å². The van der Waals surface area contributed by atoms with Crippen LogP contribution in [-0.4, -0.2) is 29.2 Å². The lowest BCUT2D eigenvalue weighted by Gasteiger charge is -2.42. The highest BCUT2D eigenvalue weighted by atomic mass is 19.1. The highest BCUT2D eigenvalue weighted by molar-refractivity contribution is 5.37. The maximum absolute atomic E-state index is 12.8. The Morgan fingerprint density at radius 3 is 2.87 bits per heavy atom. The van der Waals surface area contributed by atoms with E-state index in [1.165, 1.54) is 18.8 Å². The lowest BCUT2D eigenvalue weighted by atomic mass is 9.77. The van der Waals surface area contributed by atoms with Crippen molar-refractivity contribution in [2.45, 2.75) is 24.8 Å². The van der Waals surface area contributed by atoms with Crippen LogP contribution in [0.5, 0.6) is 0 Å². The molecule has 1 saturated carbocycles. The van der Waals surface area contributed by atoms with E-state index in [9.17, 15) is 4.39 Å². The van der Waals surface area contributed by atoms with Gasteiger partial charge in [0.2, 0.25) is 5.95 Å². The number of nitrogens with one attached hydrogen (secondary N) is 1. The molecule has 0 amide bonds. The molecule has 1 N–H and O–H groups in total. The first-order valence-electron chi connectivity index (χ1n) is 4.99. The Balaban J connectivity index is 2.06. The van der Waals surface area contributed by atoms with Crippen LogP contribution in [0.3, 0.4) is 0 Å². The third-order valence-corrected chi connectivity index (χ3v) is 2.76. The van der Waals surface area contributed by atoms with E-state index in [1.807, 2.05) is 0 Å². The summed E-state index contributed by atoms with van der Waals surface area (Å²) < 4.78 is 18.0. The lowest BCUT2D eigenvalue weighted by Crippen LogP contribution is -2.49. The van der Waals surface area contributed by atoms with Crippen LogP contribution in [0.25, 0.3) is 0 Å². The van der Waals surface area contributed by atoms with Crippen molar-refractivity contribution in [2.24, 2.45) is 0 Å². The highest BCUT2D eigenvalue weighted by Gasteiger charge is 2.37. The summed E-state index contributed by atoms with van der Waals surface area (Å²) in [5, 5.41) is 3.22. The third kappa shape index (κ3) is 2.23. The van der Waals surface area contributed by atoms with Crippen molar-refractivity contribution in [1.29, 1.82) is 0 Å². The summed E-state index contributed by atoms with van der Waals surface area (Å²) in [7, 11) is 1.67. The van der Waals surface area contributed by atoms with E-state index in [-0.39, 0.29) is 5.54 Å². The van der Waals surface area contributed by atoms with Crippen LogP contribution in [0.15, 0.2) is 12.4 Å². The second kappa shape index (κ2) is 4.10. The van der Waals surface area contributed by atoms with Crippen molar-refractivity contribution in [3.05, 3.63) is 18.3 Å². The second-order valence-electron chi connectivity index (χ2n) is 3.92. The summed E-state index contributed by atoms with van der Waals surface area (Å²) in [5.74, 6) is 0.0126. The number of hydrogen-bond donors (Lipinski definition) is 1. The molecule has 0 aliphatic heterocycles. The van der Waals surface area contributed by atoms with Gasteiger partial charge in [-0.25, -0.2) is 9.97 Å². The van der Waals surface area contributed by atoms with E-state index in [2.05, 4.69) is 15.3 Å². The minimum atomic E-state index is -0.514. The minimum Gasteiger partial charge on any atom is -0.382 e. The second-order valence-corrected chi connectivity index (χ2v) is 3.92. The predicted octanol–water partition coefficient (Wildman–Crippen LogP) is 1.60. The molecule has 82 valence electrons. The monoisotopic (exact) mass is 211 g/mol. The van der Waals surface area contributed by atoms with Gasteiger partial charge in [0, 0.05) is 13.2 Å². The molecule has 0 bridgehead atoms. The summed E-state index contributed by atoms with van der Waals surface area (Å²) in [4.78, 5) is 7.38. The Morgan fingerprint density at radius 1 is 1.53 bits per heavy atom. The van der Waals surface area contributed by atoms with Gasteiger partial charge in [0.15, 0.2) is 0 Å². The van der Waals surface area contributed by atoms with Gasteiger partial charge < -0.3 is 10.1 Å². The predicted molar refractivity (Wildman–Crippen MR) is 54.1 cm³/mol. The van der Waals surface area contributed by atoms with Crippen LogP contribution >= 0.6 is 0 Å². The molecule has 5 heteroatoms. The Hall–Kier alpha value is -1.23. The van der Waals surface area contributed by atoms with Gasteiger partial charge in [0.05, 0.1) is 12.1 Å². The summed E-state index contributed by atoms with van der Waals surface area (Å²) in [5.41, 5.74) is -0.0600. The topological polar surface area (TPSA) is 47.0 Å². The van der Waals surface area contributed by atoms with Crippen LogP contribution < -0.4 is 5.32 Å². The molecule has 1 aliphatic carbocycles. The molecule has 4 nitrogen and oxygen atoms in total. The van der Waals surface area contributed by atoms with E-state index in [0.717, 1.165) is 12.8 Å². The normalized spacial score (nSPS) is 18.3. The zero-order chi connectivity index (χ0) is 10.7. The summed E-state index contributed by atoms with van der Waals surface area (Å²) in [6.45, 7) is 0.624. The Bertz CT molecular complexity index is 341. The van der Waals surface area contributed by atoms with Crippen LogP contribution in [0.2, 0.25) is 0 Å². The van der Waals surface area contributed by atoms with Crippen molar-refractivity contribution >= 4 is 5.82 Å². The van der Waals surface area contributed by atoms with Gasteiger partial charge in [0.1, 0.15) is 12.1 Å². The average molecular weight is 211 g/mol. The number of hydrogen-bond acceptors (Lipinski definition) is 4. The summed E-state index contributed by atoms with van der Waals surface area (Å²) >= 11 is 0. The van der Waals surface area contributed by atoms with Gasteiger partial charge in [-0.3, -0.25) is 0 Å². The molecule has 1 aromatic heterocycles. The van der Waals surface area contributed by atoms with Gasteiger partial charge in [-0.15, -0.1) is 0 Å². The molecule has 15 heavy (non-hydrogen) atoms. The fourth-order valence-electron chi connectivity index (χ4n) is 1.86. The fraction of sp³-hybridized carbons (Fsp3) is 0.600. The maximum Gasteiger partial charge on any atom is 0.217 e. The van der Waals surface area contributed by atoms with Gasteiger partial charge in [-0.1, -0.05) is 0 Å². The Labute approximate surface area is 87.9 Å². The summed E-state index contributed by atoms with van der Waals surface area (Å²) in [6, 6.07) is 1.30. The first kappa shape index (κ1) is 10.3.